The van der Waals surface area contributed by atoms with Gasteiger partial charge >= 0.3 is 5.97 Å². The molecule has 0 aromatic heterocycles. The van der Waals surface area contributed by atoms with E-state index in [1.54, 1.807) is 0 Å². The van der Waals surface area contributed by atoms with Crippen molar-refractivity contribution in [2.45, 2.75) is 90.3 Å². The fourth-order valence-electron chi connectivity index (χ4n) is 5.15. The Labute approximate surface area is 240 Å². The van der Waals surface area contributed by atoms with E-state index in [1.807, 2.05) is 6.92 Å². The minimum absolute atomic E-state index is 0.161. The second-order valence-electron chi connectivity index (χ2n) is 10.7. The molecule has 3 N–H and O–H groups in total. The minimum atomic E-state index is -0.686. The Morgan fingerprint density at radius 2 is 1.73 bits per heavy atom. The number of nitrogens with one attached hydrogen (secondary N) is 3. The summed E-state index contributed by atoms with van der Waals surface area (Å²) in [6.45, 7) is 11.7. The summed E-state index contributed by atoms with van der Waals surface area (Å²) >= 11 is 0. The van der Waals surface area contributed by atoms with E-state index in [0.717, 1.165) is 64.6 Å². The lowest BCUT2D eigenvalue weighted by atomic mass is 9.97. The standard InChI is InChI=1S/C29H54N4O7/c1-4-7-10-23(9-5-2)20-32-28(35)26-19-24(40-29(36)25-11-8-12-31-25)21-33(26)27(34)22-39-18-17-38-16-15-37-14-13-30-6-3/h23-26,30-31H,4-22H2,1-3H3,(H,32,35). The molecule has 2 heterocycles. The van der Waals surface area contributed by atoms with Gasteiger partial charge in [0, 0.05) is 19.5 Å². The Morgan fingerprint density at radius 1 is 0.975 bits per heavy atom. The summed E-state index contributed by atoms with van der Waals surface area (Å²) in [5, 5.41) is 9.41. The van der Waals surface area contributed by atoms with Gasteiger partial charge in [-0.3, -0.25) is 14.4 Å². The molecule has 2 aliphatic heterocycles. The second-order valence-corrected chi connectivity index (χ2v) is 10.7. The number of amides is 2. The average Bonchev–Trinajstić information content (AvgIpc) is 3.64. The maximum absolute atomic E-state index is 13.3. The van der Waals surface area contributed by atoms with Crippen molar-refractivity contribution in [1.29, 1.82) is 0 Å². The van der Waals surface area contributed by atoms with Gasteiger partial charge in [0.2, 0.25) is 11.8 Å². The van der Waals surface area contributed by atoms with E-state index in [-0.39, 0.29) is 43.6 Å². The van der Waals surface area contributed by atoms with E-state index < -0.39 is 12.1 Å². The van der Waals surface area contributed by atoms with Gasteiger partial charge in [-0.05, 0) is 44.7 Å². The van der Waals surface area contributed by atoms with E-state index in [1.165, 1.54) is 4.90 Å². The number of carbonyl (C=O) groups is 3. The van der Waals surface area contributed by atoms with Gasteiger partial charge < -0.3 is 39.8 Å². The molecular formula is C29H54N4O7. The van der Waals surface area contributed by atoms with Gasteiger partial charge in [-0.2, -0.15) is 0 Å². The van der Waals surface area contributed by atoms with Crippen LogP contribution in [0.15, 0.2) is 0 Å². The van der Waals surface area contributed by atoms with E-state index in [0.29, 0.717) is 45.3 Å². The molecule has 0 aromatic carbocycles. The van der Waals surface area contributed by atoms with Gasteiger partial charge in [0.05, 0.1) is 39.6 Å². The number of likely N-dealkylation sites (N-methyl/N-ethyl adjacent to an activating group) is 1. The van der Waals surface area contributed by atoms with Crippen molar-refractivity contribution >= 4 is 17.8 Å². The highest BCUT2D eigenvalue weighted by Gasteiger charge is 2.42. The van der Waals surface area contributed by atoms with Gasteiger partial charge in [0.25, 0.3) is 0 Å². The molecule has 0 saturated carbocycles. The quantitative estimate of drug-likeness (QED) is 0.131. The molecule has 11 heteroatoms. The number of hydrogen-bond donors (Lipinski definition) is 3. The van der Waals surface area contributed by atoms with Gasteiger partial charge in [0.15, 0.2) is 0 Å². The van der Waals surface area contributed by atoms with Crippen LogP contribution in [0.1, 0.15) is 72.1 Å². The smallest absolute Gasteiger partial charge is 0.323 e. The molecule has 0 aliphatic carbocycles. The number of esters is 1. The lowest BCUT2D eigenvalue weighted by Gasteiger charge is -2.25. The molecule has 0 spiro atoms. The Hall–Kier alpha value is -1.79. The van der Waals surface area contributed by atoms with Gasteiger partial charge in [-0.15, -0.1) is 0 Å². The lowest BCUT2D eigenvalue weighted by molar-refractivity contribution is -0.151. The van der Waals surface area contributed by atoms with Gasteiger partial charge in [-0.1, -0.05) is 40.0 Å². The molecule has 2 aliphatic rings. The van der Waals surface area contributed by atoms with Crippen molar-refractivity contribution in [3.05, 3.63) is 0 Å². The highest BCUT2D eigenvalue weighted by Crippen LogP contribution is 2.23. The third kappa shape index (κ3) is 13.2. The minimum Gasteiger partial charge on any atom is -0.459 e. The van der Waals surface area contributed by atoms with E-state index >= 15 is 0 Å². The van der Waals surface area contributed by atoms with Crippen LogP contribution in [0.5, 0.6) is 0 Å². The van der Waals surface area contributed by atoms with Crippen LogP contribution in [0, 0.1) is 5.92 Å². The van der Waals surface area contributed by atoms with Crippen molar-refractivity contribution in [3.63, 3.8) is 0 Å². The van der Waals surface area contributed by atoms with E-state index in [4.69, 9.17) is 18.9 Å². The lowest BCUT2D eigenvalue weighted by Crippen LogP contribution is -2.48. The van der Waals surface area contributed by atoms with Crippen molar-refractivity contribution in [3.8, 4) is 0 Å². The topological polar surface area (TPSA) is 127 Å². The summed E-state index contributed by atoms with van der Waals surface area (Å²) in [5.41, 5.74) is 0. The van der Waals surface area contributed by atoms with Crippen LogP contribution in [-0.4, -0.2) is 113 Å². The normalized spacial score (nSPS) is 21.5. The molecule has 40 heavy (non-hydrogen) atoms. The maximum atomic E-state index is 13.3. The van der Waals surface area contributed by atoms with Crippen LogP contribution >= 0.6 is 0 Å². The third-order valence-electron chi connectivity index (χ3n) is 7.38. The van der Waals surface area contributed by atoms with Crippen LogP contribution < -0.4 is 16.0 Å². The molecule has 2 amide bonds. The zero-order chi connectivity index (χ0) is 29.0. The van der Waals surface area contributed by atoms with Gasteiger partial charge in [-0.25, -0.2) is 0 Å². The number of nitrogens with zero attached hydrogens (tertiary/aromatic N) is 1. The number of unbranched alkanes of at least 4 members (excludes halogenated alkanes) is 1. The zero-order valence-corrected chi connectivity index (χ0v) is 25.0. The molecule has 11 nitrogen and oxygen atoms in total. The fourth-order valence-corrected chi connectivity index (χ4v) is 5.15. The molecule has 2 rings (SSSR count). The van der Waals surface area contributed by atoms with Crippen molar-refractivity contribution < 1.29 is 33.3 Å². The van der Waals surface area contributed by atoms with Crippen LogP contribution in [0.25, 0.3) is 0 Å². The Balaban J connectivity index is 1.82. The summed E-state index contributed by atoms with van der Waals surface area (Å²) in [6.07, 6.45) is 6.90. The van der Waals surface area contributed by atoms with Crippen LogP contribution in [0.4, 0.5) is 0 Å². The van der Waals surface area contributed by atoms with Crippen molar-refractivity contribution in [2.24, 2.45) is 5.92 Å². The number of rotatable bonds is 22. The highest BCUT2D eigenvalue weighted by molar-refractivity contribution is 5.89. The Kier molecular flexibility index (Phi) is 18.1. The first-order valence-corrected chi connectivity index (χ1v) is 15.4. The summed E-state index contributed by atoms with van der Waals surface area (Å²) in [5.74, 6) is -0.373. The summed E-state index contributed by atoms with van der Waals surface area (Å²) in [7, 11) is 0. The first kappa shape index (κ1) is 34.4. The Morgan fingerprint density at radius 3 is 2.40 bits per heavy atom. The first-order chi connectivity index (χ1) is 19.5. The van der Waals surface area contributed by atoms with Crippen LogP contribution in [0.2, 0.25) is 0 Å². The predicted octanol–water partition coefficient (Wildman–Crippen LogP) is 1.63. The summed E-state index contributed by atoms with van der Waals surface area (Å²) in [6, 6.07) is -0.998. The second kappa shape index (κ2) is 21.0. The van der Waals surface area contributed by atoms with Crippen molar-refractivity contribution in [1.82, 2.24) is 20.9 Å². The van der Waals surface area contributed by atoms with Crippen LogP contribution in [-0.2, 0) is 33.3 Å². The monoisotopic (exact) mass is 570 g/mol. The molecular weight excluding hydrogens is 516 g/mol. The number of likely N-dealkylation sites (tertiary alicyclic amines) is 1. The molecule has 0 bridgehead atoms. The molecule has 2 fully saturated rings. The number of carbonyl (C=O) groups excluding carboxylic acids is 3. The molecule has 4 atom stereocenters. The SMILES string of the molecule is CCCCC(CCC)CNC(=O)C1CC(OC(=O)C2CCCN2)CN1C(=O)COCCOCCOCCNCC. The third-order valence-corrected chi connectivity index (χ3v) is 7.38. The largest absolute Gasteiger partial charge is 0.459 e. The molecule has 0 aromatic rings. The Bertz CT molecular complexity index is 720. The summed E-state index contributed by atoms with van der Waals surface area (Å²) in [4.78, 5) is 40.4. The maximum Gasteiger partial charge on any atom is 0.323 e. The fraction of sp³-hybridized carbons (Fsp3) is 0.897. The molecule has 232 valence electrons. The number of hydrogen-bond acceptors (Lipinski definition) is 9. The summed E-state index contributed by atoms with van der Waals surface area (Å²) < 4.78 is 22.2. The highest BCUT2D eigenvalue weighted by atomic mass is 16.6. The van der Waals surface area contributed by atoms with E-state index in [2.05, 4.69) is 29.8 Å². The van der Waals surface area contributed by atoms with Crippen molar-refractivity contribution in [2.75, 3.05) is 72.4 Å². The first-order valence-electron chi connectivity index (χ1n) is 15.4. The average molecular weight is 571 g/mol. The predicted molar refractivity (Wildman–Crippen MR) is 153 cm³/mol. The van der Waals surface area contributed by atoms with Gasteiger partial charge in [0.1, 0.15) is 24.8 Å². The molecule has 4 unspecified atom stereocenters. The van der Waals surface area contributed by atoms with E-state index in [9.17, 15) is 14.4 Å². The van der Waals surface area contributed by atoms with Crippen LogP contribution in [0.3, 0.4) is 0 Å². The number of ether oxygens (including phenoxy) is 4. The zero-order valence-electron chi connectivity index (χ0n) is 25.0. The molecule has 2 saturated heterocycles. The molecule has 0 radical (unpaired) electrons.